The minimum absolute atomic E-state index is 0.210. The zero-order chi connectivity index (χ0) is 18.4. The van der Waals surface area contributed by atoms with Crippen molar-refractivity contribution in [3.8, 4) is 0 Å². The average molecular weight is 355 g/mol. The van der Waals surface area contributed by atoms with E-state index in [4.69, 9.17) is 5.73 Å². The van der Waals surface area contributed by atoms with Crippen molar-refractivity contribution in [3.63, 3.8) is 0 Å². The fourth-order valence-electron chi connectivity index (χ4n) is 2.07. The summed E-state index contributed by atoms with van der Waals surface area (Å²) in [6.07, 6.45) is 0.997. The van der Waals surface area contributed by atoms with Crippen LogP contribution in [0.4, 0.5) is 0 Å². The molecule has 0 amide bonds. The van der Waals surface area contributed by atoms with Gasteiger partial charge in [0.2, 0.25) is 10.0 Å². The Balaban J connectivity index is 2.87. The quantitative estimate of drug-likeness (QED) is 0.517. The molecule has 136 valence electrons. The first-order chi connectivity index (χ1) is 11.0. The lowest BCUT2D eigenvalue weighted by Crippen LogP contribution is -2.40. The van der Waals surface area contributed by atoms with Gasteiger partial charge in [-0.2, -0.15) is 0 Å². The number of hydrogen-bond donors (Lipinski definition) is 3. The number of hydrogen-bond acceptors (Lipinski definition) is 3. The first kappa shape index (κ1) is 20.4. The molecule has 0 unspecified atom stereocenters. The van der Waals surface area contributed by atoms with Crippen LogP contribution in [0.1, 0.15) is 46.6 Å². The molecule has 0 heterocycles. The van der Waals surface area contributed by atoms with Crippen LogP contribution in [0.5, 0.6) is 0 Å². The molecule has 6 nitrogen and oxygen atoms in total. The largest absolute Gasteiger partial charge is 0.370 e. The van der Waals surface area contributed by atoms with Gasteiger partial charge in [-0.15, -0.1) is 0 Å². The van der Waals surface area contributed by atoms with Gasteiger partial charge in [-0.1, -0.05) is 32.0 Å². The Morgan fingerprint density at radius 1 is 1.25 bits per heavy atom. The van der Waals surface area contributed by atoms with Gasteiger partial charge < -0.3 is 11.1 Å². The van der Waals surface area contributed by atoms with Crippen LogP contribution in [-0.2, 0) is 16.6 Å². The van der Waals surface area contributed by atoms with E-state index in [1.165, 1.54) is 0 Å². The maximum absolute atomic E-state index is 12.6. The topological polar surface area (TPSA) is 96.6 Å². The number of rotatable bonds is 7. The van der Waals surface area contributed by atoms with Crippen molar-refractivity contribution in [2.75, 3.05) is 6.54 Å². The molecule has 4 N–H and O–H groups in total. The van der Waals surface area contributed by atoms with Crippen LogP contribution in [0.3, 0.4) is 0 Å². The summed E-state index contributed by atoms with van der Waals surface area (Å²) in [5.41, 5.74) is 5.91. The molecule has 1 rings (SSSR count). The first-order valence-corrected chi connectivity index (χ1v) is 9.65. The number of guanidine groups is 1. The number of aliphatic imine (C=N–C) groups is 1. The predicted molar refractivity (Wildman–Crippen MR) is 99.3 cm³/mol. The van der Waals surface area contributed by atoms with Crippen molar-refractivity contribution in [1.82, 2.24) is 10.0 Å². The van der Waals surface area contributed by atoms with Crippen LogP contribution in [0.15, 0.2) is 34.2 Å². The van der Waals surface area contributed by atoms with Gasteiger partial charge in [0.25, 0.3) is 0 Å². The van der Waals surface area contributed by atoms with Crippen LogP contribution in [0, 0.1) is 5.92 Å². The normalized spacial score (nSPS) is 13.3. The number of nitrogens with two attached hydrogens (primary N) is 1. The van der Waals surface area contributed by atoms with E-state index in [-0.39, 0.29) is 11.4 Å². The van der Waals surface area contributed by atoms with Crippen molar-refractivity contribution in [3.05, 3.63) is 29.8 Å². The number of benzene rings is 1. The van der Waals surface area contributed by atoms with E-state index in [2.05, 4.69) is 28.9 Å². The summed E-state index contributed by atoms with van der Waals surface area (Å²) < 4.78 is 27.8. The SMILES string of the molecule is CC(C)CCNC(N)=NCc1ccccc1S(=O)(=O)NC(C)(C)C. The molecule has 7 heteroatoms. The molecule has 0 saturated heterocycles. The third-order valence-corrected chi connectivity index (χ3v) is 5.01. The Kier molecular flexibility index (Phi) is 7.23. The molecule has 0 aromatic heterocycles. The highest BCUT2D eigenvalue weighted by Gasteiger charge is 2.24. The molecule has 0 fully saturated rings. The molecule has 0 aliphatic rings. The zero-order valence-electron chi connectivity index (χ0n) is 15.3. The lowest BCUT2D eigenvalue weighted by Gasteiger charge is -2.21. The van der Waals surface area contributed by atoms with E-state index in [9.17, 15) is 8.42 Å². The zero-order valence-corrected chi connectivity index (χ0v) is 16.1. The minimum atomic E-state index is -3.61. The molecule has 0 atom stereocenters. The van der Waals surface area contributed by atoms with Crippen molar-refractivity contribution < 1.29 is 8.42 Å². The summed E-state index contributed by atoms with van der Waals surface area (Å²) in [6, 6.07) is 6.83. The second-order valence-electron chi connectivity index (χ2n) is 7.27. The van der Waals surface area contributed by atoms with Crippen molar-refractivity contribution in [2.45, 2.75) is 58.0 Å². The van der Waals surface area contributed by atoms with Crippen molar-refractivity contribution in [2.24, 2.45) is 16.6 Å². The van der Waals surface area contributed by atoms with Crippen LogP contribution in [0.2, 0.25) is 0 Å². The average Bonchev–Trinajstić information content (AvgIpc) is 2.42. The van der Waals surface area contributed by atoms with Crippen molar-refractivity contribution >= 4 is 16.0 Å². The smallest absolute Gasteiger partial charge is 0.241 e. The van der Waals surface area contributed by atoms with E-state index in [1.807, 2.05) is 20.8 Å². The molecule has 1 aromatic carbocycles. The van der Waals surface area contributed by atoms with E-state index < -0.39 is 15.6 Å². The molecule has 0 saturated carbocycles. The molecular weight excluding hydrogens is 324 g/mol. The maximum Gasteiger partial charge on any atom is 0.241 e. The number of nitrogens with one attached hydrogen (secondary N) is 2. The second kappa shape index (κ2) is 8.48. The second-order valence-corrected chi connectivity index (χ2v) is 8.92. The monoisotopic (exact) mass is 354 g/mol. The molecule has 0 spiro atoms. The standard InChI is InChI=1S/C17H30N4O2S/c1-13(2)10-11-19-16(18)20-12-14-8-6-7-9-15(14)24(22,23)21-17(3,4)5/h6-9,13,21H,10-12H2,1-5H3,(H3,18,19,20). The predicted octanol–water partition coefficient (Wildman–Crippen LogP) is 2.21. The van der Waals surface area contributed by atoms with E-state index in [0.29, 0.717) is 17.4 Å². The molecule has 0 bridgehead atoms. The minimum Gasteiger partial charge on any atom is -0.370 e. The van der Waals surface area contributed by atoms with Crippen LogP contribution in [-0.4, -0.2) is 26.5 Å². The van der Waals surface area contributed by atoms with Gasteiger partial charge in [0.15, 0.2) is 5.96 Å². The Labute approximate surface area is 146 Å². The lowest BCUT2D eigenvalue weighted by molar-refractivity contribution is 0.491. The third-order valence-electron chi connectivity index (χ3n) is 3.15. The number of sulfonamides is 1. The lowest BCUT2D eigenvalue weighted by atomic mass is 10.1. The van der Waals surface area contributed by atoms with Gasteiger partial charge in [-0.25, -0.2) is 18.1 Å². The Hall–Kier alpha value is -1.60. The van der Waals surface area contributed by atoms with Gasteiger partial charge in [0.05, 0.1) is 11.4 Å². The van der Waals surface area contributed by atoms with Crippen LogP contribution in [0.25, 0.3) is 0 Å². The molecule has 1 aromatic rings. The molecule has 0 radical (unpaired) electrons. The van der Waals surface area contributed by atoms with E-state index >= 15 is 0 Å². The van der Waals surface area contributed by atoms with Gasteiger partial charge in [-0.05, 0) is 44.7 Å². The highest BCUT2D eigenvalue weighted by atomic mass is 32.2. The Bertz CT molecular complexity index is 661. The Morgan fingerprint density at radius 3 is 2.46 bits per heavy atom. The maximum atomic E-state index is 12.6. The fourth-order valence-corrected chi connectivity index (χ4v) is 3.72. The summed E-state index contributed by atoms with van der Waals surface area (Å²) in [7, 11) is -3.61. The highest BCUT2D eigenvalue weighted by molar-refractivity contribution is 7.89. The first-order valence-electron chi connectivity index (χ1n) is 8.17. The van der Waals surface area contributed by atoms with Gasteiger partial charge in [-0.3, -0.25) is 0 Å². The molecule has 0 aliphatic carbocycles. The third kappa shape index (κ3) is 7.31. The summed E-state index contributed by atoms with van der Waals surface area (Å²) in [6.45, 7) is 10.7. The van der Waals surface area contributed by atoms with Gasteiger partial charge in [0.1, 0.15) is 0 Å². The fraction of sp³-hybridized carbons (Fsp3) is 0.588. The summed E-state index contributed by atoms with van der Waals surface area (Å²) in [5.74, 6) is 0.909. The summed E-state index contributed by atoms with van der Waals surface area (Å²) >= 11 is 0. The van der Waals surface area contributed by atoms with E-state index in [0.717, 1.165) is 13.0 Å². The molecule has 0 aliphatic heterocycles. The summed E-state index contributed by atoms with van der Waals surface area (Å²) in [5, 5.41) is 3.04. The van der Waals surface area contributed by atoms with E-state index in [1.54, 1.807) is 24.3 Å². The van der Waals surface area contributed by atoms with Gasteiger partial charge in [0, 0.05) is 12.1 Å². The van der Waals surface area contributed by atoms with Gasteiger partial charge >= 0.3 is 0 Å². The highest BCUT2D eigenvalue weighted by Crippen LogP contribution is 2.18. The van der Waals surface area contributed by atoms with Crippen molar-refractivity contribution in [1.29, 1.82) is 0 Å². The molecular formula is C17H30N4O2S. The number of nitrogens with zero attached hydrogens (tertiary/aromatic N) is 1. The Morgan fingerprint density at radius 2 is 1.88 bits per heavy atom. The summed E-state index contributed by atoms with van der Waals surface area (Å²) in [4.78, 5) is 4.49. The van der Waals surface area contributed by atoms with Crippen LogP contribution >= 0.6 is 0 Å². The van der Waals surface area contributed by atoms with Crippen LogP contribution < -0.4 is 15.8 Å². The molecule has 24 heavy (non-hydrogen) atoms.